The molecular weight excluding hydrogens is 194 g/mol. The fourth-order valence-corrected chi connectivity index (χ4v) is 1.30. The van der Waals surface area contributed by atoms with E-state index in [1.165, 1.54) is 0 Å². The summed E-state index contributed by atoms with van der Waals surface area (Å²) in [6.07, 6.45) is 1.84. The first-order chi connectivity index (χ1) is 7.24. The summed E-state index contributed by atoms with van der Waals surface area (Å²) in [6, 6.07) is 3.67. The Morgan fingerprint density at radius 2 is 2.40 bits per heavy atom. The number of nitrogens with one attached hydrogen (secondary N) is 1. The third-order valence-electron chi connectivity index (χ3n) is 2.19. The second-order valence-corrected chi connectivity index (χ2v) is 3.56. The largest absolute Gasteiger partial charge is 0.397 e. The molecule has 3 N–H and O–H groups in total. The number of amides is 1. The van der Waals surface area contributed by atoms with Crippen molar-refractivity contribution in [3.05, 3.63) is 24.0 Å². The van der Waals surface area contributed by atoms with Crippen LogP contribution in [0.15, 0.2) is 18.3 Å². The molecule has 5 heteroatoms. The molecule has 5 nitrogen and oxygen atoms in total. The Morgan fingerprint density at radius 1 is 1.60 bits per heavy atom. The van der Waals surface area contributed by atoms with Crippen LogP contribution in [0.1, 0.15) is 5.69 Å². The van der Waals surface area contributed by atoms with Crippen LogP contribution in [0.3, 0.4) is 0 Å². The Balaban J connectivity index is 1.84. The highest BCUT2D eigenvalue weighted by Crippen LogP contribution is 2.03. The first kappa shape index (κ1) is 9.92. The van der Waals surface area contributed by atoms with E-state index >= 15 is 0 Å². The summed E-state index contributed by atoms with van der Waals surface area (Å²) >= 11 is 0. The molecular formula is C10H13N3O2. The lowest BCUT2D eigenvalue weighted by atomic mass is 10.2. The number of carbonyl (C=O) groups excluding carboxylic acids is 1. The van der Waals surface area contributed by atoms with Gasteiger partial charge >= 0.3 is 0 Å². The maximum atomic E-state index is 11.5. The minimum absolute atomic E-state index is 0.0272. The topological polar surface area (TPSA) is 77.2 Å². The Kier molecular flexibility index (Phi) is 2.82. The van der Waals surface area contributed by atoms with Crippen LogP contribution < -0.4 is 11.1 Å². The molecule has 1 aromatic rings. The number of aromatic nitrogens is 1. The lowest BCUT2D eigenvalue weighted by Gasteiger charge is -2.26. The maximum Gasteiger partial charge on any atom is 0.226 e. The summed E-state index contributed by atoms with van der Waals surface area (Å²) < 4.78 is 4.95. The van der Waals surface area contributed by atoms with Gasteiger partial charge in [0.2, 0.25) is 5.91 Å². The van der Waals surface area contributed by atoms with Crippen molar-refractivity contribution in [3.8, 4) is 0 Å². The Hall–Kier alpha value is -1.62. The molecule has 0 aromatic carbocycles. The number of hydrogen-bond acceptors (Lipinski definition) is 4. The van der Waals surface area contributed by atoms with Gasteiger partial charge in [0, 0.05) is 5.69 Å². The van der Waals surface area contributed by atoms with Gasteiger partial charge in [0.05, 0.1) is 37.6 Å². The molecule has 0 atom stereocenters. The molecule has 0 spiro atoms. The highest BCUT2D eigenvalue weighted by Gasteiger charge is 2.20. The van der Waals surface area contributed by atoms with Gasteiger partial charge in [0.15, 0.2) is 0 Å². The van der Waals surface area contributed by atoms with E-state index in [1.807, 2.05) is 0 Å². The van der Waals surface area contributed by atoms with Crippen LogP contribution in [-0.4, -0.2) is 30.1 Å². The summed E-state index contributed by atoms with van der Waals surface area (Å²) in [5.41, 5.74) is 6.82. The molecule has 1 aliphatic heterocycles. The molecule has 1 saturated heterocycles. The molecule has 0 radical (unpaired) electrons. The fraction of sp³-hybridized carbons (Fsp3) is 0.400. The molecule has 1 aliphatic rings. The molecule has 15 heavy (non-hydrogen) atoms. The molecule has 0 aliphatic carbocycles. The Bertz CT molecular complexity index is 346. The predicted octanol–water partition coefficient (Wildman–Crippen LogP) is -0.279. The SMILES string of the molecule is Nc1ccc(CC(=O)NC2COC2)nc1. The quantitative estimate of drug-likeness (QED) is 0.714. The van der Waals surface area contributed by atoms with Crippen molar-refractivity contribution in [1.29, 1.82) is 0 Å². The molecule has 0 saturated carbocycles. The van der Waals surface area contributed by atoms with Crippen LogP contribution in [0.5, 0.6) is 0 Å². The van der Waals surface area contributed by atoms with Gasteiger partial charge in [0.25, 0.3) is 0 Å². The van der Waals surface area contributed by atoms with Gasteiger partial charge in [0.1, 0.15) is 0 Å². The van der Waals surface area contributed by atoms with Gasteiger partial charge in [-0.1, -0.05) is 0 Å². The fourth-order valence-electron chi connectivity index (χ4n) is 1.30. The molecule has 2 rings (SSSR count). The van der Waals surface area contributed by atoms with Crippen molar-refractivity contribution in [2.24, 2.45) is 0 Å². The summed E-state index contributed by atoms with van der Waals surface area (Å²) in [5, 5.41) is 2.84. The molecule has 80 valence electrons. The van der Waals surface area contributed by atoms with Crippen LogP contribution in [0.2, 0.25) is 0 Å². The van der Waals surface area contributed by atoms with E-state index in [1.54, 1.807) is 18.3 Å². The van der Waals surface area contributed by atoms with Crippen LogP contribution in [0.25, 0.3) is 0 Å². The van der Waals surface area contributed by atoms with Crippen molar-refractivity contribution in [1.82, 2.24) is 10.3 Å². The second kappa shape index (κ2) is 4.27. The van der Waals surface area contributed by atoms with Gasteiger partial charge in [-0.3, -0.25) is 9.78 Å². The number of pyridine rings is 1. The van der Waals surface area contributed by atoms with Gasteiger partial charge in [-0.15, -0.1) is 0 Å². The van der Waals surface area contributed by atoms with Crippen molar-refractivity contribution < 1.29 is 9.53 Å². The van der Waals surface area contributed by atoms with Crippen molar-refractivity contribution in [2.45, 2.75) is 12.5 Å². The number of nitrogen functional groups attached to an aromatic ring is 1. The summed E-state index contributed by atoms with van der Waals surface area (Å²) in [7, 11) is 0. The number of nitrogens with two attached hydrogens (primary N) is 1. The van der Waals surface area contributed by atoms with E-state index in [4.69, 9.17) is 10.5 Å². The Morgan fingerprint density at radius 3 is 2.93 bits per heavy atom. The maximum absolute atomic E-state index is 11.5. The molecule has 2 heterocycles. The highest BCUT2D eigenvalue weighted by atomic mass is 16.5. The second-order valence-electron chi connectivity index (χ2n) is 3.56. The average molecular weight is 207 g/mol. The number of nitrogens with zero attached hydrogens (tertiary/aromatic N) is 1. The van der Waals surface area contributed by atoms with Crippen molar-refractivity contribution in [2.75, 3.05) is 18.9 Å². The monoisotopic (exact) mass is 207 g/mol. The smallest absolute Gasteiger partial charge is 0.226 e. The third-order valence-corrected chi connectivity index (χ3v) is 2.19. The number of hydrogen-bond donors (Lipinski definition) is 2. The third kappa shape index (κ3) is 2.66. The van der Waals surface area contributed by atoms with Gasteiger partial charge in [-0.2, -0.15) is 0 Å². The molecule has 1 amide bonds. The summed E-state index contributed by atoms with van der Waals surface area (Å²) in [4.78, 5) is 15.5. The van der Waals surface area contributed by atoms with Crippen LogP contribution in [0, 0.1) is 0 Å². The van der Waals surface area contributed by atoms with Crippen molar-refractivity contribution in [3.63, 3.8) is 0 Å². The van der Waals surface area contributed by atoms with Gasteiger partial charge < -0.3 is 15.8 Å². The first-order valence-corrected chi connectivity index (χ1v) is 4.81. The van der Waals surface area contributed by atoms with Gasteiger partial charge in [-0.05, 0) is 12.1 Å². The predicted molar refractivity (Wildman–Crippen MR) is 55.1 cm³/mol. The van der Waals surface area contributed by atoms with E-state index < -0.39 is 0 Å². The lowest BCUT2D eigenvalue weighted by molar-refractivity contribution is -0.124. The number of anilines is 1. The first-order valence-electron chi connectivity index (χ1n) is 4.81. The van der Waals surface area contributed by atoms with Crippen LogP contribution >= 0.6 is 0 Å². The number of ether oxygens (including phenoxy) is 1. The number of rotatable bonds is 3. The van der Waals surface area contributed by atoms with Crippen molar-refractivity contribution >= 4 is 11.6 Å². The summed E-state index contributed by atoms with van der Waals surface area (Å²) in [5.74, 6) is -0.0272. The van der Waals surface area contributed by atoms with Crippen LogP contribution in [-0.2, 0) is 16.0 Å². The minimum atomic E-state index is -0.0272. The minimum Gasteiger partial charge on any atom is -0.397 e. The standard InChI is InChI=1S/C10H13N3O2/c11-7-1-2-8(12-4-7)3-10(14)13-9-5-15-6-9/h1-2,4,9H,3,5-6,11H2,(H,13,14). The van der Waals surface area contributed by atoms with E-state index in [0.717, 1.165) is 5.69 Å². The van der Waals surface area contributed by atoms with E-state index in [0.29, 0.717) is 18.9 Å². The zero-order valence-electron chi connectivity index (χ0n) is 8.27. The molecule has 0 bridgehead atoms. The van der Waals surface area contributed by atoms with E-state index in [9.17, 15) is 4.79 Å². The lowest BCUT2D eigenvalue weighted by Crippen LogP contribution is -2.49. The van der Waals surface area contributed by atoms with E-state index in [2.05, 4.69) is 10.3 Å². The molecule has 1 fully saturated rings. The summed E-state index contributed by atoms with van der Waals surface area (Å²) in [6.45, 7) is 1.22. The van der Waals surface area contributed by atoms with E-state index in [-0.39, 0.29) is 18.4 Å². The Labute approximate surface area is 87.6 Å². The highest BCUT2D eigenvalue weighted by molar-refractivity contribution is 5.78. The molecule has 1 aromatic heterocycles. The van der Waals surface area contributed by atoms with Gasteiger partial charge in [-0.25, -0.2) is 0 Å². The normalized spacial score (nSPS) is 15.7. The zero-order chi connectivity index (χ0) is 10.7. The zero-order valence-corrected chi connectivity index (χ0v) is 8.27. The average Bonchev–Trinajstić information content (AvgIpc) is 2.16. The number of carbonyl (C=O) groups is 1. The van der Waals surface area contributed by atoms with Crippen LogP contribution in [0.4, 0.5) is 5.69 Å². The molecule has 0 unspecified atom stereocenters.